The van der Waals surface area contributed by atoms with Crippen molar-refractivity contribution in [3.8, 4) is 0 Å². The molecule has 0 aliphatic carbocycles. The van der Waals surface area contributed by atoms with Gasteiger partial charge in [0.05, 0.1) is 10.4 Å². The minimum Gasteiger partial charge on any atom is -0.244 e. The third-order valence-electron chi connectivity index (χ3n) is 1.72. The minimum atomic E-state index is -3.79. The Bertz CT molecular complexity index is 679. The van der Waals surface area contributed by atoms with Crippen molar-refractivity contribution in [1.29, 1.82) is 0 Å². The lowest BCUT2D eigenvalue weighted by Gasteiger charge is -1.97. The zero-order valence-corrected chi connectivity index (χ0v) is 8.71. The zero-order valence-electron chi connectivity index (χ0n) is 7.14. The molecule has 0 unspecified atom stereocenters. The van der Waals surface area contributed by atoms with Gasteiger partial charge in [-0.05, 0) is 18.2 Å². The molecule has 78 valence electrons. The maximum absolute atomic E-state index is 11.0. The van der Waals surface area contributed by atoms with Gasteiger partial charge in [-0.1, -0.05) is 0 Å². The fourth-order valence-corrected chi connectivity index (χ4v) is 1.85. The summed E-state index contributed by atoms with van der Waals surface area (Å²) in [6.45, 7) is 0. The van der Waals surface area contributed by atoms with Crippen LogP contribution in [0.2, 0.25) is 0 Å². The van der Waals surface area contributed by atoms with Gasteiger partial charge in [-0.15, -0.1) is 0 Å². The minimum absolute atomic E-state index is 0.0852. The van der Waals surface area contributed by atoms with E-state index in [4.69, 9.17) is 10.7 Å². The highest BCUT2D eigenvalue weighted by Gasteiger charge is 2.11. The highest BCUT2D eigenvalue weighted by molar-refractivity contribution is 8.13. The maximum atomic E-state index is 11.0. The largest absolute Gasteiger partial charge is 0.361 e. The predicted molar refractivity (Wildman–Crippen MR) is 53.2 cm³/mol. The maximum Gasteiger partial charge on any atom is 0.361 e. The molecule has 0 fully saturated rings. The summed E-state index contributed by atoms with van der Waals surface area (Å²) < 4.78 is 22.0. The van der Waals surface area contributed by atoms with Crippen LogP contribution in [0.3, 0.4) is 0 Å². The lowest BCUT2D eigenvalue weighted by molar-refractivity contribution is 0.609. The van der Waals surface area contributed by atoms with Crippen LogP contribution in [0.15, 0.2) is 27.9 Å². The van der Waals surface area contributed by atoms with Crippen molar-refractivity contribution in [2.75, 3.05) is 0 Å². The van der Waals surface area contributed by atoms with E-state index in [1.807, 2.05) is 0 Å². The number of nitrogens with one attached hydrogen (secondary N) is 1. The third kappa shape index (κ3) is 1.97. The summed E-state index contributed by atoms with van der Waals surface area (Å²) in [7, 11) is 1.35. The van der Waals surface area contributed by atoms with Gasteiger partial charge >= 0.3 is 5.69 Å². The van der Waals surface area contributed by atoms with Crippen LogP contribution in [-0.4, -0.2) is 23.6 Å². The van der Waals surface area contributed by atoms with E-state index in [2.05, 4.69) is 15.2 Å². The van der Waals surface area contributed by atoms with Crippen LogP contribution in [0, 0.1) is 0 Å². The van der Waals surface area contributed by atoms with Gasteiger partial charge in [0.1, 0.15) is 5.52 Å². The van der Waals surface area contributed by atoms with E-state index < -0.39 is 14.7 Å². The number of fused-ring (bicyclic) bond motifs is 1. The average Bonchev–Trinajstić information content (AvgIpc) is 2.15. The summed E-state index contributed by atoms with van der Waals surface area (Å²) in [4.78, 5) is 14.3. The summed E-state index contributed by atoms with van der Waals surface area (Å²) in [6.07, 6.45) is 0. The molecule has 0 bridgehead atoms. The molecule has 0 atom stereocenters. The first kappa shape index (κ1) is 10.1. The molecule has 0 radical (unpaired) electrons. The van der Waals surface area contributed by atoms with Gasteiger partial charge in [0.2, 0.25) is 0 Å². The molecule has 1 heterocycles. The number of aromatic amines is 1. The van der Waals surface area contributed by atoms with Crippen LogP contribution < -0.4 is 5.69 Å². The van der Waals surface area contributed by atoms with Crippen molar-refractivity contribution in [3.63, 3.8) is 0 Å². The van der Waals surface area contributed by atoms with E-state index in [0.29, 0.717) is 5.52 Å². The van der Waals surface area contributed by atoms with E-state index >= 15 is 0 Å². The number of nitrogens with zero attached hydrogens (tertiary/aromatic N) is 2. The van der Waals surface area contributed by atoms with Crippen molar-refractivity contribution in [3.05, 3.63) is 28.7 Å². The Hall–Kier alpha value is -1.47. The van der Waals surface area contributed by atoms with Gasteiger partial charge in [0.25, 0.3) is 9.05 Å². The van der Waals surface area contributed by atoms with Crippen LogP contribution in [0.4, 0.5) is 0 Å². The summed E-state index contributed by atoms with van der Waals surface area (Å²) in [5.41, 5.74) is -0.0249. The molecule has 15 heavy (non-hydrogen) atoms. The number of halogens is 1. The molecule has 0 saturated carbocycles. The van der Waals surface area contributed by atoms with Crippen molar-refractivity contribution in [2.24, 2.45) is 0 Å². The molecular weight excluding hydrogens is 242 g/mol. The van der Waals surface area contributed by atoms with E-state index in [-0.39, 0.29) is 10.4 Å². The monoisotopic (exact) mass is 245 g/mol. The normalized spacial score (nSPS) is 11.8. The first-order valence-corrected chi connectivity index (χ1v) is 6.09. The van der Waals surface area contributed by atoms with Crippen LogP contribution in [0.25, 0.3) is 11.0 Å². The predicted octanol–water partition coefficient (Wildman–Crippen LogP) is 0.246. The average molecular weight is 246 g/mol. The first-order chi connectivity index (χ1) is 6.97. The Morgan fingerprint density at radius 3 is 2.67 bits per heavy atom. The smallest absolute Gasteiger partial charge is 0.244 e. The Morgan fingerprint density at radius 2 is 2.00 bits per heavy atom. The van der Waals surface area contributed by atoms with Crippen LogP contribution in [-0.2, 0) is 9.05 Å². The van der Waals surface area contributed by atoms with Crippen molar-refractivity contribution in [2.45, 2.75) is 4.90 Å². The molecule has 0 aliphatic rings. The van der Waals surface area contributed by atoms with Crippen LogP contribution >= 0.6 is 10.7 Å². The number of hydrogen-bond acceptors (Lipinski definition) is 5. The molecule has 0 spiro atoms. The second-order valence-corrected chi connectivity index (χ2v) is 5.29. The first-order valence-electron chi connectivity index (χ1n) is 3.78. The molecule has 0 amide bonds. The lowest BCUT2D eigenvalue weighted by atomic mass is 10.3. The van der Waals surface area contributed by atoms with E-state index in [1.165, 1.54) is 18.2 Å². The summed E-state index contributed by atoms with van der Waals surface area (Å²) >= 11 is 0. The fraction of sp³-hybridized carbons (Fsp3) is 0. The topological polar surface area (TPSA) is 92.8 Å². The standard InChI is InChI=1S/C7H4ClN3O3S/c8-15(13,14)4-1-2-5-6(3-4)10-11-7(12)9-5/h1-3H,(H,9,11,12). The number of benzene rings is 1. The van der Waals surface area contributed by atoms with Crippen molar-refractivity contribution < 1.29 is 8.42 Å². The molecule has 2 rings (SSSR count). The number of hydrogen-bond donors (Lipinski definition) is 1. The molecule has 6 nitrogen and oxygen atoms in total. The van der Waals surface area contributed by atoms with Crippen LogP contribution in [0.1, 0.15) is 0 Å². The highest BCUT2D eigenvalue weighted by atomic mass is 35.7. The molecular formula is C7H4ClN3O3S. The Morgan fingerprint density at radius 1 is 1.27 bits per heavy atom. The van der Waals surface area contributed by atoms with Gasteiger partial charge in [-0.25, -0.2) is 18.3 Å². The quantitative estimate of drug-likeness (QED) is 0.727. The molecule has 1 aromatic heterocycles. The van der Waals surface area contributed by atoms with E-state index in [9.17, 15) is 13.2 Å². The SMILES string of the molecule is O=c1nc2ccc(S(=O)(=O)Cl)cc2n[nH]1. The molecule has 1 aromatic carbocycles. The summed E-state index contributed by atoms with van der Waals surface area (Å²) in [6, 6.07) is 3.87. The van der Waals surface area contributed by atoms with E-state index in [0.717, 1.165) is 0 Å². The highest BCUT2D eigenvalue weighted by Crippen LogP contribution is 2.17. The summed E-state index contributed by atoms with van der Waals surface area (Å²) in [5.74, 6) is 0. The number of H-pyrrole nitrogens is 1. The zero-order chi connectivity index (χ0) is 11.1. The van der Waals surface area contributed by atoms with Gasteiger partial charge < -0.3 is 0 Å². The van der Waals surface area contributed by atoms with Gasteiger partial charge in [-0.2, -0.15) is 10.1 Å². The molecule has 2 aromatic rings. The van der Waals surface area contributed by atoms with Crippen molar-refractivity contribution in [1.82, 2.24) is 15.2 Å². The summed E-state index contributed by atoms with van der Waals surface area (Å²) in [5, 5.41) is 5.73. The second kappa shape index (κ2) is 3.28. The molecule has 0 aliphatic heterocycles. The lowest BCUT2D eigenvalue weighted by Crippen LogP contribution is -2.11. The number of rotatable bonds is 1. The Labute approximate surface area is 88.3 Å². The van der Waals surface area contributed by atoms with Gasteiger partial charge in [-0.3, -0.25) is 0 Å². The van der Waals surface area contributed by atoms with Gasteiger partial charge in [0.15, 0.2) is 0 Å². The fourth-order valence-electron chi connectivity index (χ4n) is 1.08. The Balaban J connectivity index is 2.78. The van der Waals surface area contributed by atoms with Gasteiger partial charge in [0, 0.05) is 10.7 Å². The third-order valence-corrected chi connectivity index (χ3v) is 3.07. The van der Waals surface area contributed by atoms with E-state index in [1.54, 1.807) is 0 Å². The number of aromatic nitrogens is 3. The molecule has 0 saturated heterocycles. The van der Waals surface area contributed by atoms with Crippen LogP contribution in [0.5, 0.6) is 0 Å². The van der Waals surface area contributed by atoms with Crippen molar-refractivity contribution >= 4 is 30.8 Å². The Kier molecular flexibility index (Phi) is 2.20. The second-order valence-electron chi connectivity index (χ2n) is 2.73. The molecule has 1 N–H and O–H groups in total. The molecule has 8 heteroatoms.